The summed E-state index contributed by atoms with van der Waals surface area (Å²) in [6.45, 7) is 0. The lowest BCUT2D eigenvalue weighted by molar-refractivity contribution is 0.294. The highest BCUT2D eigenvalue weighted by Crippen LogP contribution is 2.28. The van der Waals surface area contributed by atoms with E-state index in [9.17, 15) is 17.6 Å². The molecule has 1 aliphatic carbocycles. The Labute approximate surface area is 54.8 Å². The van der Waals surface area contributed by atoms with Gasteiger partial charge in [0.15, 0.2) is 12.0 Å². The van der Waals surface area contributed by atoms with Crippen LogP contribution in [-0.2, 0) is 0 Å². The van der Waals surface area contributed by atoms with E-state index in [1.807, 2.05) is 0 Å². The van der Waals surface area contributed by atoms with E-state index in [-0.39, 0.29) is 6.08 Å². The van der Waals surface area contributed by atoms with Crippen molar-refractivity contribution in [1.82, 2.24) is 0 Å². The Kier molecular flexibility index (Phi) is 1.78. The van der Waals surface area contributed by atoms with Gasteiger partial charge in [-0.15, -0.1) is 0 Å². The second-order valence-corrected chi connectivity index (χ2v) is 1.95. The number of allylic oxidation sites excluding steroid dienone is 4. The summed E-state index contributed by atoms with van der Waals surface area (Å²) in [7, 11) is 0. The van der Waals surface area contributed by atoms with Crippen LogP contribution in [0.1, 0.15) is 6.42 Å². The molecule has 0 N–H and O–H groups in total. The second kappa shape index (κ2) is 2.44. The molecular weight excluding hydrogens is 148 g/mol. The average molecular weight is 152 g/mol. The monoisotopic (exact) mass is 152 g/mol. The van der Waals surface area contributed by atoms with Crippen LogP contribution in [0.2, 0.25) is 0 Å². The van der Waals surface area contributed by atoms with Gasteiger partial charge in [-0.2, -0.15) is 0 Å². The quantitative estimate of drug-likeness (QED) is 0.468. The smallest absolute Gasteiger partial charge is 0.158 e. The van der Waals surface area contributed by atoms with E-state index < -0.39 is 30.1 Å². The fourth-order valence-corrected chi connectivity index (χ4v) is 0.642. The molecular formula is C6H4F4. The molecule has 0 fully saturated rings. The summed E-state index contributed by atoms with van der Waals surface area (Å²) in [5, 5.41) is 0. The number of rotatable bonds is 0. The van der Waals surface area contributed by atoms with Crippen LogP contribution in [0, 0.1) is 0 Å². The lowest BCUT2D eigenvalue weighted by Gasteiger charge is -2.08. The van der Waals surface area contributed by atoms with Crippen LogP contribution in [0.15, 0.2) is 23.6 Å². The topological polar surface area (TPSA) is 0 Å². The standard InChI is InChI=1S/C6H4F4/c7-3-1-4(8)6(10)2-5(3)9/h1,5H,2H2. The molecule has 0 saturated heterocycles. The van der Waals surface area contributed by atoms with Crippen LogP contribution in [0.4, 0.5) is 17.6 Å². The first-order valence-electron chi connectivity index (χ1n) is 2.66. The van der Waals surface area contributed by atoms with Crippen molar-refractivity contribution < 1.29 is 17.6 Å². The number of halogens is 4. The van der Waals surface area contributed by atoms with Crippen LogP contribution in [-0.4, -0.2) is 6.17 Å². The Morgan fingerprint density at radius 2 is 1.90 bits per heavy atom. The lowest BCUT2D eigenvalue weighted by atomic mass is 10.1. The van der Waals surface area contributed by atoms with E-state index in [0.717, 1.165) is 0 Å². The zero-order valence-corrected chi connectivity index (χ0v) is 4.87. The van der Waals surface area contributed by atoms with Gasteiger partial charge in [-0.1, -0.05) is 0 Å². The number of hydrogen-bond acceptors (Lipinski definition) is 0. The highest BCUT2D eigenvalue weighted by atomic mass is 19.2. The highest BCUT2D eigenvalue weighted by molar-refractivity contribution is 5.25. The SMILES string of the molecule is FC1=CC(F)=C(F)CC1F. The van der Waals surface area contributed by atoms with Crippen LogP contribution in [0.3, 0.4) is 0 Å². The molecule has 0 aromatic heterocycles. The first kappa shape index (κ1) is 7.31. The minimum atomic E-state index is -2.01. The van der Waals surface area contributed by atoms with Gasteiger partial charge in [0.1, 0.15) is 11.7 Å². The van der Waals surface area contributed by atoms with E-state index in [1.54, 1.807) is 0 Å². The summed E-state index contributed by atoms with van der Waals surface area (Å²) in [5.74, 6) is -3.79. The van der Waals surface area contributed by atoms with E-state index >= 15 is 0 Å². The maximum atomic E-state index is 12.1. The molecule has 1 aliphatic rings. The molecule has 10 heavy (non-hydrogen) atoms. The zero-order chi connectivity index (χ0) is 7.72. The molecule has 0 bridgehead atoms. The van der Waals surface area contributed by atoms with Gasteiger partial charge in [-0.25, -0.2) is 17.6 Å². The van der Waals surface area contributed by atoms with E-state index in [2.05, 4.69) is 0 Å². The molecule has 0 saturated carbocycles. The van der Waals surface area contributed by atoms with Crippen LogP contribution in [0.25, 0.3) is 0 Å². The molecule has 0 aromatic rings. The molecule has 0 aliphatic heterocycles. The predicted octanol–water partition coefficient (Wildman–Crippen LogP) is 2.73. The maximum absolute atomic E-state index is 12.1. The number of hydrogen-bond donors (Lipinski definition) is 0. The summed E-state index contributed by atoms with van der Waals surface area (Å²) < 4.78 is 48.2. The van der Waals surface area contributed by atoms with Crippen LogP contribution in [0.5, 0.6) is 0 Å². The van der Waals surface area contributed by atoms with Gasteiger partial charge in [0, 0.05) is 12.5 Å². The van der Waals surface area contributed by atoms with Crippen molar-refractivity contribution in [3.8, 4) is 0 Å². The molecule has 0 spiro atoms. The Morgan fingerprint density at radius 3 is 2.40 bits per heavy atom. The minimum absolute atomic E-state index is 0.226. The largest absolute Gasteiger partial charge is 0.239 e. The van der Waals surface area contributed by atoms with Gasteiger partial charge in [-0.3, -0.25) is 0 Å². The molecule has 0 heterocycles. The van der Waals surface area contributed by atoms with Gasteiger partial charge in [0.2, 0.25) is 0 Å². The van der Waals surface area contributed by atoms with Crippen molar-refractivity contribution in [2.75, 3.05) is 0 Å². The average Bonchev–Trinajstić information content (AvgIpc) is 1.84. The first-order valence-corrected chi connectivity index (χ1v) is 2.66. The predicted molar refractivity (Wildman–Crippen MR) is 27.9 cm³/mol. The van der Waals surface area contributed by atoms with Gasteiger partial charge in [0.05, 0.1) is 0 Å². The second-order valence-electron chi connectivity index (χ2n) is 1.95. The molecule has 1 rings (SSSR count). The Hall–Kier alpha value is -0.800. The highest BCUT2D eigenvalue weighted by Gasteiger charge is 2.23. The summed E-state index contributed by atoms with van der Waals surface area (Å²) >= 11 is 0. The third-order valence-corrected chi connectivity index (χ3v) is 1.18. The van der Waals surface area contributed by atoms with Gasteiger partial charge >= 0.3 is 0 Å². The molecule has 0 amide bonds. The van der Waals surface area contributed by atoms with E-state index in [1.165, 1.54) is 0 Å². The molecule has 1 atom stereocenters. The molecule has 1 unspecified atom stereocenters. The maximum Gasteiger partial charge on any atom is 0.158 e. The minimum Gasteiger partial charge on any atom is -0.239 e. The van der Waals surface area contributed by atoms with Gasteiger partial charge in [-0.05, 0) is 0 Å². The summed E-state index contributed by atoms with van der Waals surface area (Å²) in [4.78, 5) is 0. The van der Waals surface area contributed by atoms with Crippen molar-refractivity contribution in [3.63, 3.8) is 0 Å². The normalized spacial score (nSPS) is 26.8. The lowest BCUT2D eigenvalue weighted by Crippen LogP contribution is -2.06. The fourth-order valence-electron chi connectivity index (χ4n) is 0.642. The van der Waals surface area contributed by atoms with Crippen molar-refractivity contribution in [2.45, 2.75) is 12.6 Å². The molecule has 56 valence electrons. The van der Waals surface area contributed by atoms with Crippen LogP contribution >= 0.6 is 0 Å². The molecule has 0 aromatic carbocycles. The molecule has 0 nitrogen and oxygen atoms in total. The Balaban J connectivity index is 2.88. The zero-order valence-electron chi connectivity index (χ0n) is 4.87. The molecule has 4 heteroatoms. The van der Waals surface area contributed by atoms with E-state index in [4.69, 9.17) is 0 Å². The fraction of sp³-hybridized carbons (Fsp3) is 0.333. The Morgan fingerprint density at radius 1 is 1.30 bits per heavy atom. The Bertz CT molecular complexity index is 204. The number of alkyl halides is 1. The third-order valence-electron chi connectivity index (χ3n) is 1.18. The summed E-state index contributed by atoms with van der Waals surface area (Å²) in [6, 6.07) is 0. The van der Waals surface area contributed by atoms with Crippen molar-refractivity contribution in [1.29, 1.82) is 0 Å². The van der Waals surface area contributed by atoms with E-state index in [0.29, 0.717) is 0 Å². The van der Waals surface area contributed by atoms with Crippen molar-refractivity contribution in [2.24, 2.45) is 0 Å². The van der Waals surface area contributed by atoms with Gasteiger partial charge < -0.3 is 0 Å². The van der Waals surface area contributed by atoms with Gasteiger partial charge in [0.25, 0.3) is 0 Å². The third kappa shape index (κ3) is 1.20. The summed E-state index contributed by atoms with van der Waals surface area (Å²) in [6.07, 6.45) is -2.61. The van der Waals surface area contributed by atoms with Crippen LogP contribution < -0.4 is 0 Å². The summed E-state index contributed by atoms with van der Waals surface area (Å²) in [5.41, 5.74) is 0. The van der Waals surface area contributed by atoms with Crippen molar-refractivity contribution >= 4 is 0 Å². The first-order chi connectivity index (χ1) is 4.61. The molecule has 0 radical (unpaired) electrons. The van der Waals surface area contributed by atoms with Crippen molar-refractivity contribution in [3.05, 3.63) is 23.6 Å².